The van der Waals surface area contributed by atoms with Crippen molar-refractivity contribution in [3.05, 3.63) is 35.4 Å². The molecule has 19 heavy (non-hydrogen) atoms. The first kappa shape index (κ1) is 16.1. The monoisotopic (exact) mass is 270 g/mol. The summed E-state index contributed by atoms with van der Waals surface area (Å²) in [5, 5.41) is 0. The van der Waals surface area contributed by atoms with Crippen LogP contribution >= 0.6 is 0 Å². The van der Waals surface area contributed by atoms with Gasteiger partial charge in [0.05, 0.1) is 0 Å². The number of nitrogens with zero attached hydrogens (tertiary/aromatic N) is 1. The number of hydrogen-bond donors (Lipinski definition) is 1. The fourth-order valence-corrected chi connectivity index (χ4v) is 1.96. The maximum atomic E-state index is 13.7. The number of halogens is 2. The van der Waals surface area contributed by atoms with Gasteiger partial charge in [-0.3, -0.25) is 4.90 Å². The molecule has 2 nitrogen and oxygen atoms in total. The number of rotatable bonds is 6. The van der Waals surface area contributed by atoms with Gasteiger partial charge in [-0.2, -0.15) is 0 Å². The van der Waals surface area contributed by atoms with Crippen molar-refractivity contribution >= 4 is 0 Å². The lowest BCUT2D eigenvalue weighted by Crippen LogP contribution is -2.33. The van der Waals surface area contributed by atoms with Gasteiger partial charge in [0.25, 0.3) is 0 Å². The molecule has 0 aliphatic heterocycles. The van der Waals surface area contributed by atoms with E-state index in [0.29, 0.717) is 11.5 Å². The van der Waals surface area contributed by atoms with Gasteiger partial charge in [-0.15, -0.1) is 0 Å². The highest BCUT2D eigenvalue weighted by atomic mass is 19.1. The van der Waals surface area contributed by atoms with Crippen LogP contribution in [0.5, 0.6) is 0 Å². The lowest BCUT2D eigenvalue weighted by atomic mass is 10.0. The van der Waals surface area contributed by atoms with E-state index in [4.69, 9.17) is 5.73 Å². The van der Waals surface area contributed by atoms with Gasteiger partial charge >= 0.3 is 0 Å². The molecule has 0 saturated heterocycles. The Kier molecular flexibility index (Phi) is 5.88. The molecule has 0 aromatic heterocycles. The molecular weight excluding hydrogens is 246 g/mol. The molecule has 2 unspecified atom stereocenters. The fourth-order valence-electron chi connectivity index (χ4n) is 1.96. The molecule has 0 heterocycles. The molecule has 2 atom stereocenters. The Labute approximate surface area is 114 Å². The molecule has 0 aliphatic carbocycles. The molecule has 0 bridgehead atoms. The van der Waals surface area contributed by atoms with Gasteiger partial charge in [0.2, 0.25) is 0 Å². The molecule has 0 spiro atoms. The van der Waals surface area contributed by atoms with Crippen molar-refractivity contribution in [1.82, 2.24) is 4.90 Å². The zero-order valence-corrected chi connectivity index (χ0v) is 12.2. The van der Waals surface area contributed by atoms with E-state index in [0.717, 1.165) is 19.0 Å². The molecule has 1 aromatic rings. The Morgan fingerprint density at radius 2 is 1.84 bits per heavy atom. The van der Waals surface area contributed by atoms with E-state index < -0.39 is 11.6 Å². The van der Waals surface area contributed by atoms with E-state index in [1.54, 1.807) is 0 Å². The molecule has 0 fully saturated rings. The summed E-state index contributed by atoms with van der Waals surface area (Å²) in [5.41, 5.74) is 6.52. The van der Waals surface area contributed by atoms with Gasteiger partial charge in [-0.1, -0.05) is 19.9 Å². The molecule has 4 heteroatoms. The second kappa shape index (κ2) is 6.96. The zero-order valence-electron chi connectivity index (χ0n) is 12.2. The van der Waals surface area contributed by atoms with Gasteiger partial charge in [0, 0.05) is 23.7 Å². The van der Waals surface area contributed by atoms with Gasteiger partial charge < -0.3 is 5.73 Å². The lowest BCUT2D eigenvalue weighted by Gasteiger charge is -2.27. The number of hydrogen-bond acceptors (Lipinski definition) is 2. The van der Waals surface area contributed by atoms with E-state index in [2.05, 4.69) is 13.8 Å². The lowest BCUT2D eigenvalue weighted by molar-refractivity contribution is 0.239. The van der Waals surface area contributed by atoms with Gasteiger partial charge in [0.15, 0.2) is 0 Å². The van der Waals surface area contributed by atoms with Crippen molar-refractivity contribution in [2.24, 2.45) is 11.7 Å². The Balaban J connectivity index is 2.63. The van der Waals surface area contributed by atoms with Gasteiger partial charge in [-0.25, -0.2) is 8.78 Å². The third-order valence-corrected chi connectivity index (χ3v) is 3.75. The van der Waals surface area contributed by atoms with Crippen LogP contribution in [0.3, 0.4) is 0 Å². The molecule has 0 saturated carbocycles. The van der Waals surface area contributed by atoms with Crippen molar-refractivity contribution in [3.8, 4) is 0 Å². The van der Waals surface area contributed by atoms with Crippen LogP contribution in [-0.2, 0) is 0 Å². The van der Waals surface area contributed by atoms with Gasteiger partial charge in [-0.05, 0) is 38.9 Å². The summed E-state index contributed by atoms with van der Waals surface area (Å²) >= 11 is 0. The quantitative estimate of drug-likeness (QED) is 0.859. The fraction of sp³-hybridized carbons (Fsp3) is 0.600. The van der Waals surface area contributed by atoms with Crippen molar-refractivity contribution in [1.29, 1.82) is 0 Å². The minimum Gasteiger partial charge on any atom is -0.327 e. The molecule has 0 radical (unpaired) electrons. The smallest absolute Gasteiger partial charge is 0.130 e. The molecule has 1 rings (SSSR count). The maximum Gasteiger partial charge on any atom is 0.130 e. The summed E-state index contributed by atoms with van der Waals surface area (Å²) in [5.74, 6) is -0.600. The molecule has 108 valence electrons. The third kappa shape index (κ3) is 4.55. The molecular formula is C15H24F2N2. The normalized spacial score (nSPS) is 15.0. The third-order valence-electron chi connectivity index (χ3n) is 3.75. The van der Waals surface area contributed by atoms with E-state index >= 15 is 0 Å². The van der Waals surface area contributed by atoms with Crippen molar-refractivity contribution in [2.45, 2.75) is 39.3 Å². The van der Waals surface area contributed by atoms with Crippen LogP contribution in [0.2, 0.25) is 0 Å². The summed E-state index contributed by atoms with van der Waals surface area (Å²) in [6.45, 7) is 6.88. The van der Waals surface area contributed by atoms with E-state index in [1.165, 1.54) is 12.1 Å². The van der Waals surface area contributed by atoms with Crippen LogP contribution in [0.15, 0.2) is 18.2 Å². The summed E-state index contributed by atoms with van der Waals surface area (Å²) in [6.07, 6.45) is 0.862. The standard InChI is InChI=1S/C15H24F2N2/c1-10(2)15(18)7-8-19(4)11(3)13-6-5-12(16)9-14(13)17/h5-6,9-11,15H,7-8,18H2,1-4H3. The van der Waals surface area contributed by atoms with Crippen molar-refractivity contribution in [2.75, 3.05) is 13.6 Å². The Hall–Kier alpha value is -1.00. The Bertz CT molecular complexity index is 407. The first-order valence-electron chi connectivity index (χ1n) is 6.73. The molecule has 2 N–H and O–H groups in total. The summed E-state index contributed by atoms with van der Waals surface area (Å²) < 4.78 is 26.6. The molecule has 0 amide bonds. The van der Waals surface area contributed by atoms with Crippen molar-refractivity contribution in [3.63, 3.8) is 0 Å². The molecule has 0 aliphatic rings. The van der Waals surface area contributed by atoms with Crippen LogP contribution in [0.4, 0.5) is 8.78 Å². The average Bonchev–Trinajstić information content (AvgIpc) is 2.34. The Morgan fingerprint density at radius 3 is 2.37 bits per heavy atom. The van der Waals surface area contributed by atoms with Crippen molar-refractivity contribution < 1.29 is 8.78 Å². The van der Waals surface area contributed by atoms with E-state index in [-0.39, 0.29) is 12.1 Å². The van der Waals surface area contributed by atoms with Crippen LogP contribution in [-0.4, -0.2) is 24.5 Å². The first-order chi connectivity index (χ1) is 8.82. The molecule has 1 aromatic carbocycles. The van der Waals surface area contributed by atoms with E-state index in [9.17, 15) is 8.78 Å². The average molecular weight is 270 g/mol. The van der Waals surface area contributed by atoms with Crippen LogP contribution in [0.25, 0.3) is 0 Å². The first-order valence-corrected chi connectivity index (χ1v) is 6.73. The van der Waals surface area contributed by atoms with Crippen LogP contribution < -0.4 is 5.73 Å². The van der Waals surface area contributed by atoms with Crippen LogP contribution in [0.1, 0.15) is 38.8 Å². The zero-order chi connectivity index (χ0) is 14.6. The van der Waals surface area contributed by atoms with E-state index in [1.807, 2.05) is 18.9 Å². The summed E-state index contributed by atoms with van der Waals surface area (Å²) in [7, 11) is 1.93. The topological polar surface area (TPSA) is 29.3 Å². The largest absolute Gasteiger partial charge is 0.327 e. The highest BCUT2D eigenvalue weighted by Gasteiger charge is 2.17. The summed E-state index contributed by atoms with van der Waals surface area (Å²) in [4.78, 5) is 2.04. The second-order valence-electron chi connectivity index (χ2n) is 5.52. The van der Waals surface area contributed by atoms with Gasteiger partial charge in [0.1, 0.15) is 11.6 Å². The highest BCUT2D eigenvalue weighted by molar-refractivity contribution is 5.21. The SMILES string of the molecule is CC(C)C(N)CCN(C)C(C)c1ccc(F)cc1F. The highest BCUT2D eigenvalue weighted by Crippen LogP contribution is 2.22. The minimum atomic E-state index is -0.544. The predicted molar refractivity (Wildman–Crippen MR) is 74.8 cm³/mol. The number of benzene rings is 1. The Morgan fingerprint density at radius 1 is 1.21 bits per heavy atom. The second-order valence-corrected chi connectivity index (χ2v) is 5.52. The number of nitrogens with two attached hydrogens (primary N) is 1. The maximum absolute atomic E-state index is 13.7. The minimum absolute atomic E-state index is 0.0973. The van der Waals surface area contributed by atoms with Crippen LogP contribution in [0, 0.1) is 17.6 Å². The summed E-state index contributed by atoms with van der Waals surface area (Å²) in [6, 6.07) is 3.78. The predicted octanol–water partition coefficient (Wildman–Crippen LogP) is 3.33.